The van der Waals surface area contributed by atoms with Crippen LogP contribution in [0, 0.1) is 5.82 Å². The Kier molecular flexibility index (Phi) is 4.69. The monoisotopic (exact) mass is 443 g/mol. The minimum absolute atomic E-state index is 0.0386. The number of hydrogen-bond acceptors (Lipinski definition) is 5. The molecule has 5 rings (SSSR count). The largest absolute Gasteiger partial charge is 0.337 e. The van der Waals surface area contributed by atoms with Crippen LogP contribution in [0.25, 0.3) is 11.0 Å². The van der Waals surface area contributed by atoms with Crippen molar-refractivity contribution < 1.29 is 17.6 Å². The molecule has 0 radical (unpaired) electrons. The summed E-state index contributed by atoms with van der Waals surface area (Å²) in [5.74, 6) is -0.438. The van der Waals surface area contributed by atoms with E-state index >= 15 is 0 Å². The van der Waals surface area contributed by atoms with Crippen molar-refractivity contribution >= 4 is 32.7 Å². The minimum Gasteiger partial charge on any atom is -0.337 e. The SMILES string of the molecule is CS(=O)(=O)N1CCc2cc(C(=O)N3CCC[C@H](n4nnc5cc(F)ccc54)C3)ccc21. The fraction of sp³-hybridized carbons (Fsp3) is 0.381. The average Bonchev–Trinajstić information content (AvgIpc) is 3.36. The molecule has 2 aliphatic heterocycles. The van der Waals surface area contributed by atoms with Gasteiger partial charge < -0.3 is 4.90 Å². The van der Waals surface area contributed by atoms with Crippen LogP contribution in [0.1, 0.15) is 34.8 Å². The van der Waals surface area contributed by atoms with Gasteiger partial charge in [-0.05, 0) is 55.2 Å². The summed E-state index contributed by atoms with van der Waals surface area (Å²) in [7, 11) is -3.32. The number of rotatable bonds is 3. The highest BCUT2D eigenvalue weighted by molar-refractivity contribution is 7.92. The Bertz CT molecular complexity index is 1290. The van der Waals surface area contributed by atoms with Crippen molar-refractivity contribution in [1.29, 1.82) is 0 Å². The molecule has 2 aliphatic rings. The van der Waals surface area contributed by atoms with E-state index in [1.54, 1.807) is 33.8 Å². The number of likely N-dealkylation sites (tertiary alicyclic amines) is 1. The smallest absolute Gasteiger partial charge is 0.253 e. The number of aromatic nitrogens is 3. The highest BCUT2D eigenvalue weighted by atomic mass is 32.2. The number of halogens is 1. The maximum Gasteiger partial charge on any atom is 0.253 e. The van der Waals surface area contributed by atoms with E-state index in [1.807, 2.05) is 0 Å². The summed E-state index contributed by atoms with van der Waals surface area (Å²) in [4.78, 5) is 15.0. The van der Waals surface area contributed by atoms with Crippen LogP contribution in [0.3, 0.4) is 0 Å². The Morgan fingerprint density at radius 2 is 2.00 bits per heavy atom. The van der Waals surface area contributed by atoms with Gasteiger partial charge in [-0.15, -0.1) is 5.10 Å². The van der Waals surface area contributed by atoms with Gasteiger partial charge in [0.05, 0.1) is 23.5 Å². The molecule has 3 heterocycles. The predicted molar refractivity (Wildman–Crippen MR) is 114 cm³/mol. The number of nitrogens with zero attached hydrogens (tertiary/aromatic N) is 5. The standard InChI is InChI=1S/C21H22FN5O3S/c1-31(29,30)26-10-8-14-11-15(4-6-19(14)26)21(28)25-9-2-3-17(13-25)27-20-7-5-16(22)12-18(20)23-24-27/h4-7,11-12,17H,2-3,8-10,13H2,1H3/t17-/m0/s1. The lowest BCUT2D eigenvalue weighted by molar-refractivity contribution is 0.0674. The first kappa shape index (κ1) is 19.9. The fourth-order valence-electron chi connectivity index (χ4n) is 4.56. The number of carbonyl (C=O) groups excluding carboxylic acids is 1. The van der Waals surface area contributed by atoms with Crippen molar-refractivity contribution in [3.63, 3.8) is 0 Å². The fourth-order valence-corrected chi connectivity index (χ4v) is 5.51. The molecule has 3 aromatic rings. The number of carbonyl (C=O) groups is 1. The highest BCUT2D eigenvalue weighted by Crippen LogP contribution is 2.32. The summed E-state index contributed by atoms with van der Waals surface area (Å²) in [6, 6.07) is 9.59. The van der Waals surface area contributed by atoms with Crippen LogP contribution < -0.4 is 4.31 Å². The Morgan fingerprint density at radius 1 is 1.16 bits per heavy atom. The van der Waals surface area contributed by atoms with Gasteiger partial charge >= 0.3 is 0 Å². The van der Waals surface area contributed by atoms with Crippen molar-refractivity contribution in [2.45, 2.75) is 25.3 Å². The number of benzene rings is 2. The topological polar surface area (TPSA) is 88.4 Å². The normalized spacial score (nSPS) is 19.1. The maximum absolute atomic E-state index is 13.5. The van der Waals surface area contributed by atoms with Gasteiger partial charge in [0, 0.05) is 31.3 Å². The highest BCUT2D eigenvalue weighted by Gasteiger charge is 2.30. The molecule has 1 saturated heterocycles. The lowest BCUT2D eigenvalue weighted by Crippen LogP contribution is -2.41. The van der Waals surface area contributed by atoms with E-state index in [4.69, 9.17) is 0 Å². The number of fused-ring (bicyclic) bond motifs is 2. The first-order chi connectivity index (χ1) is 14.8. The summed E-state index contributed by atoms with van der Waals surface area (Å²) in [6.45, 7) is 1.53. The van der Waals surface area contributed by atoms with Crippen LogP contribution >= 0.6 is 0 Å². The van der Waals surface area contributed by atoms with Crippen molar-refractivity contribution in [3.05, 3.63) is 53.3 Å². The molecule has 0 N–H and O–H groups in total. The van der Waals surface area contributed by atoms with Gasteiger partial charge in [-0.2, -0.15) is 0 Å². The third kappa shape index (κ3) is 3.54. The van der Waals surface area contributed by atoms with Gasteiger partial charge in [0.15, 0.2) is 0 Å². The number of hydrogen-bond donors (Lipinski definition) is 0. The summed E-state index contributed by atoms with van der Waals surface area (Å²) in [6.07, 6.45) is 3.46. The minimum atomic E-state index is -3.32. The number of amides is 1. The van der Waals surface area contributed by atoms with Gasteiger partial charge in [0.2, 0.25) is 10.0 Å². The van der Waals surface area contributed by atoms with E-state index < -0.39 is 10.0 Å². The summed E-state index contributed by atoms with van der Waals surface area (Å²) in [5.41, 5.74) is 3.32. The van der Waals surface area contributed by atoms with Crippen LogP contribution in [-0.4, -0.2) is 60.1 Å². The first-order valence-electron chi connectivity index (χ1n) is 10.2. The molecule has 1 amide bonds. The third-order valence-corrected chi connectivity index (χ3v) is 7.22. The van der Waals surface area contributed by atoms with Gasteiger partial charge in [-0.1, -0.05) is 5.21 Å². The molecular formula is C21H22FN5O3S. The van der Waals surface area contributed by atoms with E-state index in [2.05, 4.69) is 10.3 Å². The van der Waals surface area contributed by atoms with Crippen LogP contribution in [0.5, 0.6) is 0 Å². The van der Waals surface area contributed by atoms with Gasteiger partial charge in [0.25, 0.3) is 5.91 Å². The zero-order valence-electron chi connectivity index (χ0n) is 17.0. The Morgan fingerprint density at radius 3 is 2.81 bits per heavy atom. The summed E-state index contributed by atoms with van der Waals surface area (Å²) < 4.78 is 40.5. The molecule has 0 unspecified atom stereocenters. The number of sulfonamides is 1. The van der Waals surface area contributed by atoms with Crippen molar-refractivity contribution in [1.82, 2.24) is 19.9 Å². The Balaban J connectivity index is 1.38. The number of piperidine rings is 1. The second-order valence-electron chi connectivity index (χ2n) is 8.14. The molecule has 10 heteroatoms. The Labute approximate surface area is 179 Å². The summed E-state index contributed by atoms with van der Waals surface area (Å²) in [5, 5.41) is 8.27. The second kappa shape index (κ2) is 7.30. The molecular weight excluding hydrogens is 421 g/mol. The van der Waals surface area contributed by atoms with Crippen LogP contribution in [0.15, 0.2) is 36.4 Å². The van der Waals surface area contributed by atoms with E-state index in [0.717, 1.165) is 23.9 Å². The molecule has 162 valence electrons. The molecule has 1 fully saturated rings. The van der Waals surface area contributed by atoms with Crippen molar-refractivity contribution in [3.8, 4) is 0 Å². The van der Waals surface area contributed by atoms with Gasteiger partial charge in [-0.3, -0.25) is 9.10 Å². The zero-order chi connectivity index (χ0) is 21.8. The van der Waals surface area contributed by atoms with Gasteiger partial charge in [0.1, 0.15) is 11.3 Å². The third-order valence-electron chi connectivity index (χ3n) is 6.04. The van der Waals surface area contributed by atoms with E-state index in [1.165, 1.54) is 22.7 Å². The van der Waals surface area contributed by atoms with Crippen LogP contribution in [-0.2, 0) is 16.4 Å². The molecule has 1 aromatic heterocycles. The zero-order valence-corrected chi connectivity index (χ0v) is 17.8. The van der Waals surface area contributed by atoms with Gasteiger partial charge in [-0.25, -0.2) is 17.5 Å². The molecule has 0 spiro atoms. The second-order valence-corrected chi connectivity index (χ2v) is 10.0. The molecule has 0 aliphatic carbocycles. The molecule has 1 atom stereocenters. The molecule has 0 saturated carbocycles. The van der Waals surface area contributed by atoms with Crippen molar-refractivity contribution in [2.24, 2.45) is 0 Å². The Hall–Kier alpha value is -3.01. The lowest BCUT2D eigenvalue weighted by Gasteiger charge is -2.33. The summed E-state index contributed by atoms with van der Waals surface area (Å²) >= 11 is 0. The quantitative estimate of drug-likeness (QED) is 0.620. The van der Waals surface area contributed by atoms with E-state index in [-0.39, 0.29) is 17.8 Å². The predicted octanol–water partition coefficient (Wildman–Crippen LogP) is 2.37. The molecule has 2 aromatic carbocycles. The number of anilines is 1. The molecule has 0 bridgehead atoms. The average molecular weight is 444 g/mol. The van der Waals surface area contributed by atoms with Crippen LogP contribution in [0.4, 0.5) is 10.1 Å². The maximum atomic E-state index is 13.5. The van der Waals surface area contributed by atoms with E-state index in [0.29, 0.717) is 42.8 Å². The molecule has 8 nitrogen and oxygen atoms in total. The lowest BCUT2D eigenvalue weighted by atomic mass is 10.0. The van der Waals surface area contributed by atoms with Crippen LogP contribution in [0.2, 0.25) is 0 Å². The van der Waals surface area contributed by atoms with Crippen molar-refractivity contribution in [2.75, 3.05) is 30.2 Å². The molecule has 31 heavy (non-hydrogen) atoms. The first-order valence-corrected chi connectivity index (χ1v) is 12.1. The van der Waals surface area contributed by atoms with E-state index in [9.17, 15) is 17.6 Å².